The average Bonchev–Trinajstić information content (AvgIpc) is 3.26. The van der Waals surface area contributed by atoms with Gasteiger partial charge in [0.25, 0.3) is 0 Å². The number of rotatable bonds is 11. The van der Waals surface area contributed by atoms with Crippen LogP contribution in [0.25, 0.3) is 0 Å². The van der Waals surface area contributed by atoms with Crippen LogP contribution in [0.5, 0.6) is 0 Å². The van der Waals surface area contributed by atoms with Gasteiger partial charge in [-0.15, -0.1) is 0 Å². The van der Waals surface area contributed by atoms with Crippen LogP contribution in [0.1, 0.15) is 65.2 Å². The Labute approximate surface area is 221 Å². The Bertz CT molecular complexity index is 1060. The van der Waals surface area contributed by atoms with Gasteiger partial charge in [0.15, 0.2) is 0 Å². The van der Waals surface area contributed by atoms with Crippen molar-refractivity contribution in [2.75, 3.05) is 13.2 Å². The highest BCUT2D eigenvalue weighted by atomic mass is 16.6. The highest BCUT2D eigenvalue weighted by molar-refractivity contribution is 5.93. The SMILES string of the molecule is C=C1CC[C@@H]2[C@](C)(COC(=O)CCC(=O)O)[C@@H](OC(=O)CCC(=O)O)CC[C@]2(C)[C@H]1/C=C/C1=CCOC1=O. The molecule has 0 unspecified atom stereocenters. The molecule has 5 atom stereocenters. The Balaban J connectivity index is 1.88. The lowest BCUT2D eigenvalue weighted by molar-refractivity contribution is -0.192. The number of hydrogen-bond acceptors (Lipinski definition) is 8. The third kappa shape index (κ3) is 6.52. The molecule has 2 saturated carbocycles. The van der Waals surface area contributed by atoms with Crippen LogP contribution < -0.4 is 0 Å². The Hall–Kier alpha value is -3.43. The first-order chi connectivity index (χ1) is 17.9. The van der Waals surface area contributed by atoms with E-state index >= 15 is 0 Å². The second-order valence-electron chi connectivity index (χ2n) is 10.8. The summed E-state index contributed by atoms with van der Waals surface area (Å²) < 4.78 is 16.4. The van der Waals surface area contributed by atoms with E-state index in [1.807, 2.05) is 13.0 Å². The van der Waals surface area contributed by atoms with Crippen molar-refractivity contribution in [2.24, 2.45) is 22.7 Å². The van der Waals surface area contributed by atoms with Crippen molar-refractivity contribution in [1.82, 2.24) is 0 Å². The minimum atomic E-state index is -1.11. The summed E-state index contributed by atoms with van der Waals surface area (Å²) in [6.45, 7) is 8.49. The molecule has 10 nitrogen and oxygen atoms in total. The maximum atomic E-state index is 12.5. The second kappa shape index (κ2) is 12.0. The molecule has 38 heavy (non-hydrogen) atoms. The molecule has 0 amide bonds. The molecule has 0 bridgehead atoms. The van der Waals surface area contributed by atoms with Crippen molar-refractivity contribution in [3.05, 3.63) is 36.0 Å². The van der Waals surface area contributed by atoms with E-state index in [0.29, 0.717) is 31.3 Å². The first kappa shape index (κ1) is 29.1. The Morgan fingerprint density at radius 2 is 1.74 bits per heavy atom. The molecule has 208 valence electrons. The lowest BCUT2D eigenvalue weighted by Crippen LogP contribution is -2.58. The van der Waals surface area contributed by atoms with Crippen LogP contribution in [-0.2, 0) is 38.2 Å². The summed E-state index contributed by atoms with van der Waals surface area (Å²) in [4.78, 5) is 58.6. The first-order valence-electron chi connectivity index (χ1n) is 12.9. The molecule has 1 heterocycles. The summed E-state index contributed by atoms with van der Waals surface area (Å²) in [5.41, 5.74) is 0.328. The summed E-state index contributed by atoms with van der Waals surface area (Å²) in [6.07, 6.45) is 6.10. The summed E-state index contributed by atoms with van der Waals surface area (Å²) in [5, 5.41) is 17.8. The number of allylic oxidation sites excluding steroid dienone is 2. The van der Waals surface area contributed by atoms with Crippen LogP contribution in [0, 0.1) is 22.7 Å². The Morgan fingerprint density at radius 1 is 1.08 bits per heavy atom. The molecule has 2 fully saturated rings. The van der Waals surface area contributed by atoms with Gasteiger partial charge in [-0.05, 0) is 43.1 Å². The van der Waals surface area contributed by atoms with Crippen LogP contribution >= 0.6 is 0 Å². The van der Waals surface area contributed by atoms with E-state index in [1.54, 1.807) is 12.2 Å². The van der Waals surface area contributed by atoms with Crippen LogP contribution in [0.3, 0.4) is 0 Å². The van der Waals surface area contributed by atoms with Crippen molar-refractivity contribution in [1.29, 1.82) is 0 Å². The minimum Gasteiger partial charge on any atom is -0.481 e. The van der Waals surface area contributed by atoms with Gasteiger partial charge < -0.3 is 24.4 Å². The number of hydrogen-bond donors (Lipinski definition) is 2. The van der Waals surface area contributed by atoms with E-state index in [1.165, 1.54) is 0 Å². The number of ether oxygens (including phenoxy) is 3. The summed E-state index contributed by atoms with van der Waals surface area (Å²) >= 11 is 0. The van der Waals surface area contributed by atoms with Crippen molar-refractivity contribution < 1.29 is 48.4 Å². The van der Waals surface area contributed by atoms with E-state index < -0.39 is 35.4 Å². The highest BCUT2D eigenvalue weighted by Gasteiger charge is 2.59. The normalized spacial score (nSPS) is 30.8. The number of esters is 3. The third-order valence-corrected chi connectivity index (χ3v) is 8.30. The zero-order valence-electron chi connectivity index (χ0n) is 21.9. The number of carboxylic acid groups (broad SMARTS) is 2. The summed E-state index contributed by atoms with van der Waals surface area (Å²) in [6, 6.07) is 0. The van der Waals surface area contributed by atoms with Gasteiger partial charge in [0, 0.05) is 11.3 Å². The van der Waals surface area contributed by atoms with E-state index in [2.05, 4.69) is 13.5 Å². The molecule has 0 spiro atoms. The molecule has 3 aliphatic rings. The van der Waals surface area contributed by atoms with E-state index in [4.69, 9.17) is 24.4 Å². The lowest BCUT2D eigenvalue weighted by atomic mass is 9.46. The van der Waals surface area contributed by atoms with Gasteiger partial charge in [0.2, 0.25) is 0 Å². The number of fused-ring (bicyclic) bond motifs is 1. The quantitative estimate of drug-likeness (QED) is 0.229. The number of aliphatic carboxylic acids is 2. The van der Waals surface area contributed by atoms with Crippen molar-refractivity contribution in [2.45, 2.75) is 71.3 Å². The van der Waals surface area contributed by atoms with Crippen molar-refractivity contribution >= 4 is 29.8 Å². The average molecular weight is 533 g/mol. The van der Waals surface area contributed by atoms with E-state index in [0.717, 1.165) is 5.57 Å². The molecule has 1 aliphatic heterocycles. The summed E-state index contributed by atoms with van der Waals surface area (Å²) in [7, 11) is 0. The van der Waals surface area contributed by atoms with Crippen molar-refractivity contribution in [3.63, 3.8) is 0 Å². The van der Waals surface area contributed by atoms with Crippen LogP contribution in [0.15, 0.2) is 36.0 Å². The number of carbonyl (C=O) groups excluding carboxylic acids is 3. The second-order valence-corrected chi connectivity index (χ2v) is 10.8. The number of carboxylic acids is 2. The van der Waals surface area contributed by atoms with Gasteiger partial charge in [-0.25, -0.2) is 4.79 Å². The standard InChI is InChI=1S/C28H36O10/c1-17-4-7-20-27(2,19(17)6-5-18-13-15-36-26(18)35)14-12-21(38-25(34)11-9-23(31)32)28(20,3)16-37-24(33)10-8-22(29)30/h5-6,13,19-21H,1,4,7-12,14-16H2,2-3H3,(H,29,30)(H,31,32)/b6-5+/t19-,20-,21-,27+,28-/m0/s1. The maximum Gasteiger partial charge on any atom is 0.338 e. The maximum absolute atomic E-state index is 12.5. The molecule has 10 heteroatoms. The zero-order valence-corrected chi connectivity index (χ0v) is 21.9. The van der Waals surface area contributed by atoms with Gasteiger partial charge in [0.05, 0.1) is 31.3 Å². The zero-order chi connectivity index (χ0) is 28.1. The first-order valence-corrected chi connectivity index (χ1v) is 12.9. The highest BCUT2D eigenvalue weighted by Crippen LogP contribution is 2.62. The molecule has 0 radical (unpaired) electrons. The molecule has 3 rings (SSSR count). The van der Waals surface area contributed by atoms with Crippen molar-refractivity contribution in [3.8, 4) is 0 Å². The fourth-order valence-corrected chi connectivity index (χ4v) is 6.30. The van der Waals surface area contributed by atoms with Gasteiger partial charge in [-0.2, -0.15) is 0 Å². The molecule has 0 aromatic carbocycles. The topological polar surface area (TPSA) is 154 Å². The van der Waals surface area contributed by atoms with Gasteiger partial charge >= 0.3 is 29.8 Å². The Kier molecular flexibility index (Phi) is 9.17. The van der Waals surface area contributed by atoms with E-state index in [9.17, 15) is 24.0 Å². The lowest BCUT2D eigenvalue weighted by Gasteiger charge is -2.59. The fraction of sp³-hybridized carbons (Fsp3) is 0.607. The molecule has 2 aliphatic carbocycles. The number of carbonyl (C=O) groups is 5. The van der Waals surface area contributed by atoms with E-state index in [-0.39, 0.29) is 62.1 Å². The molecule has 0 aromatic rings. The smallest absolute Gasteiger partial charge is 0.338 e. The molecule has 2 N–H and O–H groups in total. The van der Waals surface area contributed by atoms with Gasteiger partial charge in [-0.3, -0.25) is 19.2 Å². The molecule has 0 saturated heterocycles. The summed E-state index contributed by atoms with van der Waals surface area (Å²) in [5.74, 6) is -4.05. The van der Waals surface area contributed by atoms with Crippen LogP contribution in [-0.4, -0.2) is 59.4 Å². The molecular weight excluding hydrogens is 496 g/mol. The largest absolute Gasteiger partial charge is 0.481 e. The Morgan fingerprint density at radius 3 is 2.34 bits per heavy atom. The van der Waals surface area contributed by atoms with Gasteiger partial charge in [-0.1, -0.05) is 38.2 Å². The monoisotopic (exact) mass is 532 g/mol. The minimum absolute atomic E-state index is 0.0804. The van der Waals surface area contributed by atoms with Crippen LogP contribution in [0.4, 0.5) is 0 Å². The van der Waals surface area contributed by atoms with Crippen LogP contribution in [0.2, 0.25) is 0 Å². The third-order valence-electron chi connectivity index (χ3n) is 8.30. The predicted octanol–water partition coefficient (Wildman–Crippen LogP) is 3.60. The number of cyclic esters (lactones) is 1. The fourth-order valence-electron chi connectivity index (χ4n) is 6.30. The predicted molar refractivity (Wildman–Crippen MR) is 134 cm³/mol. The molecule has 0 aromatic heterocycles. The molecular formula is C28H36O10. The van der Waals surface area contributed by atoms with Gasteiger partial charge in [0.1, 0.15) is 19.3 Å².